The Kier molecular flexibility index (Phi) is 5.17. The third kappa shape index (κ3) is 3.59. The van der Waals surface area contributed by atoms with E-state index in [1.807, 2.05) is 6.07 Å². The van der Waals surface area contributed by atoms with Crippen LogP contribution in [0, 0.1) is 4.77 Å². The summed E-state index contributed by atoms with van der Waals surface area (Å²) in [6.07, 6.45) is 0. The molecular formula is C20H19N3S3. The van der Waals surface area contributed by atoms with Crippen molar-refractivity contribution in [3.63, 3.8) is 0 Å². The third-order valence-corrected chi connectivity index (χ3v) is 6.27. The van der Waals surface area contributed by atoms with E-state index in [9.17, 15) is 0 Å². The van der Waals surface area contributed by atoms with Crippen LogP contribution in [0.3, 0.4) is 0 Å². The second-order valence-electron chi connectivity index (χ2n) is 6.18. The largest absolute Gasteiger partial charge is 0.329 e. The number of nitrogens with one attached hydrogen (secondary N) is 1. The van der Waals surface area contributed by atoms with Crippen LogP contribution in [-0.2, 0) is 13.2 Å². The molecule has 4 rings (SSSR count). The van der Waals surface area contributed by atoms with Crippen molar-refractivity contribution < 1.29 is 0 Å². The lowest BCUT2D eigenvalue weighted by atomic mass is 10.2. The van der Waals surface area contributed by atoms with Gasteiger partial charge in [-0.05, 0) is 47.7 Å². The van der Waals surface area contributed by atoms with Crippen LogP contribution in [0.5, 0.6) is 0 Å². The molecule has 0 radical (unpaired) electrons. The van der Waals surface area contributed by atoms with Gasteiger partial charge in [0.2, 0.25) is 0 Å². The van der Waals surface area contributed by atoms with E-state index in [1.165, 1.54) is 21.0 Å². The molecule has 0 unspecified atom stereocenters. The van der Waals surface area contributed by atoms with Gasteiger partial charge in [0, 0.05) is 6.54 Å². The molecule has 6 heteroatoms. The van der Waals surface area contributed by atoms with Crippen LogP contribution in [0.2, 0.25) is 0 Å². The highest BCUT2D eigenvalue weighted by Gasteiger charge is 2.18. The van der Waals surface area contributed by atoms with E-state index < -0.39 is 0 Å². The summed E-state index contributed by atoms with van der Waals surface area (Å²) in [5.74, 6) is 0. The molecule has 3 aromatic heterocycles. The number of aromatic nitrogens is 2. The van der Waals surface area contributed by atoms with Gasteiger partial charge in [0.25, 0.3) is 0 Å². The molecule has 0 bridgehead atoms. The lowest BCUT2D eigenvalue weighted by Gasteiger charge is -2.19. The third-order valence-electron chi connectivity index (χ3n) is 4.18. The SMILES string of the molecule is CN(Cc1ccccc1)Cn1c(-c2cccs2)c(-c2cccs2)[nH]c1=S. The molecule has 0 aliphatic heterocycles. The van der Waals surface area contributed by atoms with Crippen LogP contribution in [0.4, 0.5) is 0 Å². The molecular weight excluding hydrogens is 378 g/mol. The van der Waals surface area contributed by atoms with Gasteiger partial charge in [-0.15, -0.1) is 22.7 Å². The van der Waals surface area contributed by atoms with Gasteiger partial charge in [0.15, 0.2) is 4.77 Å². The average molecular weight is 398 g/mol. The number of hydrogen-bond donors (Lipinski definition) is 1. The van der Waals surface area contributed by atoms with Crippen molar-refractivity contribution >= 4 is 34.9 Å². The molecule has 0 amide bonds. The maximum Gasteiger partial charge on any atom is 0.179 e. The van der Waals surface area contributed by atoms with Crippen molar-refractivity contribution in [2.75, 3.05) is 7.05 Å². The fourth-order valence-corrected chi connectivity index (χ4v) is 4.82. The first-order valence-corrected chi connectivity index (χ1v) is 10.5. The summed E-state index contributed by atoms with van der Waals surface area (Å²) in [4.78, 5) is 8.17. The van der Waals surface area contributed by atoms with E-state index in [2.05, 4.69) is 80.8 Å². The number of rotatable bonds is 6. The summed E-state index contributed by atoms with van der Waals surface area (Å²) in [7, 11) is 2.13. The maximum absolute atomic E-state index is 5.68. The Bertz CT molecular complexity index is 1010. The minimum absolute atomic E-state index is 0.739. The topological polar surface area (TPSA) is 24.0 Å². The first-order chi connectivity index (χ1) is 12.7. The Balaban J connectivity index is 1.71. The zero-order valence-corrected chi connectivity index (χ0v) is 16.8. The van der Waals surface area contributed by atoms with Crippen LogP contribution < -0.4 is 0 Å². The predicted octanol–water partition coefficient (Wildman–Crippen LogP) is 6.09. The van der Waals surface area contributed by atoms with Crippen molar-refractivity contribution in [2.45, 2.75) is 13.2 Å². The Morgan fingerprint density at radius 2 is 1.65 bits per heavy atom. The van der Waals surface area contributed by atoms with Crippen molar-refractivity contribution in [3.8, 4) is 21.1 Å². The van der Waals surface area contributed by atoms with Gasteiger partial charge in [-0.3, -0.25) is 4.90 Å². The number of aromatic amines is 1. The molecule has 0 saturated carbocycles. The van der Waals surface area contributed by atoms with Gasteiger partial charge in [0.05, 0.1) is 27.8 Å². The molecule has 26 heavy (non-hydrogen) atoms. The summed E-state index contributed by atoms with van der Waals surface area (Å²) >= 11 is 9.16. The van der Waals surface area contributed by atoms with Crippen LogP contribution in [0.25, 0.3) is 21.1 Å². The Hall–Kier alpha value is -1.99. The lowest BCUT2D eigenvalue weighted by Crippen LogP contribution is -2.22. The second kappa shape index (κ2) is 7.72. The molecule has 0 spiro atoms. The minimum atomic E-state index is 0.739. The fraction of sp³-hybridized carbons (Fsp3) is 0.150. The molecule has 4 aromatic rings. The Morgan fingerprint density at radius 1 is 0.962 bits per heavy atom. The van der Waals surface area contributed by atoms with Gasteiger partial charge in [0.1, 0.15) is 0 Å². The molecule has 1 aromatic carbocycles. The number of imidazole rings is 1. The van der Waals surface area contributed by atoms with E-state index in [4.69, 9.17) is 12.2 Å². The summed E-state index contributed by atoms with van der Waals surface area (Å²) in [5, 5.41) is 4.21. The van der Waals surface area contributed by atoms with E-state index in [0.29, 0.717) is 0 Å². The highest BCUT2D eigenvalue weighted by molar-refractivity contribution is 7.71. The predicted molar refractivity (Wildman–Crippen MR) is 114 cm³/mol. The zero-order chi connectivity index (χ0) is 17.9. The summed E-state index contributed by atoms with van der Waals surface area (Å²) in [5.41, 5.74) is 3.58. The first-order valence-electron chi connectivity index (χ1n) is 8.35. The zero-order valence-electron chi connectivity index (χ0n) is 14.4. The van der Waals surface area contributed by atoms with Gasteiger partial charge in [-0.1, -0.05) is 42.5 Å². The molecule has 3 heterocycles. The lowest BCUT2D eigenvalue weighted by molar-refractivity contribution is 0.260. The van der Waals surface area contributed by atoms with Crippen molar-refractivity contribution in [1.29, 1.82) is 0 Å². The first kappa shape index (κ1) is 17.4. The highest BCUT2D eigenvalue weighted by Crippen LogP contribution is 2.36. The molecule has 0 fully saturated rings. The van der Waals surface area contributed by atoms with Crippen molar-refractivity contribution in [3.05, 3.63) is 75.7 Å². The Morgan fingerprint density at radius 3 is 2.31 bits per heavy atom. The van der Waals surface area contributed by atoms with Gasteiger partial charge >= 0.3 is 0 Å². The van der Waals surface area contributed by atoms with Crippen molar-refractivity contribution in [1.82, 2.24) is 14.5 Å². The second-order valence-corrected chi connectivity index (χ2v) is 8.46. The molecule has 1 N–H and O–H groups in total. The minimum Gasteiger partial charge on any atom is -0.329 e. The standard InChI is InChI=1S/C20H19N3S3/c1-22(13-15-7-3-2-4-8-15)14-23-19(17-10-6-12-26-17)18(21-20(23)24)16-9-5-11-25-16/h2-12H,13-14H2,1H3,(H,21,24). The fourth-order valence-electron chi connectivity index (χ4n) is 3.06. The highest BCUT2D eigenvalue weighted by atomic mass is 32.1. The number of hydrogen-bond acceptors (Lipinski definition) is 4. The number of benzene rings is 1. The average Bonchev–Trinajstić information content (AvgIpc) is 3.38. The summed E-state index contributed by atoms with van der Waals surface area (Å²) in [6, 6.07) is 19.0. The van der Waals surface area contributed by atoms with E-state index >= 15 is 0 Å². The van der Waals surface area contributed by atoms with Crippen LogP contribution >= 0.6 is 34.9 Å². The van der Waals surface area contributed by atoms with E-state index in [1.54, 1.807) is 22.7 Å². The molecule has 0 aliphatic rings. The van der Waals surface area contributed by atoms with Crippen LogP contribution in [-0.4, -0.2) is 21.5 Å². The molecule has 0 saturated heterocycles. The Labute approximate surface area is 166 Å². The maximum atomic E-state index is 5.68. The van der Waals surface area contributed by atoms with Crippen molar-refractivity contribution in [2.24, 2.45) is 0 Å². The van der Waals surface area contributed by atoms with Gasteiger partial charge < -0.3 is 9.55 Å². The quantitative estimate of drug-likeness (QED) is 0.398. The molecule has 132 valence electrons. The normalized spacial score (nSPS) is 11.3. The van der Waals surface area contributed by atoms with E-state index in [-0.39, 0.29) is 0 Å². The molecule has 0 aliphatic carbocycles. The van der Waals surface area contributed by atoms with Crippen LogP contribution in [0.1, 0.15) is 5.56 Å². The smallest absolute Gasteiger partial charge is 0.179 e. The number of thiophene rings is 2. The molecule has 0 atom stereocenters. The summed E-state index contributed by atoms with van der Waals surface area (Å²) < 4.78 is 2.97. The number of nitrogens with zero attached hydrogens (tertiary/aromatic N) is 2. The summed E-state index contributed by atoms with van der Waals surface area (Å²) in [6.45, 7) is 1.62. The number of H-pyrrole nitrogens is 1. The van der Waals surface area contributed by atoms with Crippen LogP contribution in [0.15, 0.2) is 65.4 Å². The monoisotopic (exact) mass is 397 g/mol. The van der Waals surface area contributed by atoms with Gasteiger partial charge in [-0.2, -0.15) is 0 Å². The van der Waals surface area contributed by atoms with Gasteiger partial charge in [-0.25, -0.2) is 0 Å². The molecule has 3 nitrogen and oxygen atoms in total. The van der Waals surface area contributed by atoms with E-state index in [0.717, 1.165) is 23.7 Å².